The average molecular weight is 294 g/mol. The van der Waals surface area contributed by atoms with E-state index in [1.165, 1.54) is 0 Å². The molecule has 1 atom stereocenters. The summed E-state index contributed by atoms with van der Waals surface area (Å²) in [5.74, 6) is 0.555. The Bertz CT molecular complexity index is 368. The fourth-order valence-electron chi connectivity index (χ4n) is 1.75. The molecular weight excluding hydrogens is 273 g/mol. The smallest absolute Gasteiger partial charge is 0.0863 e. The van der Waals surface area contributed by atoms with E-state index in [9.17, 15) is 0 Å². The van der Waals surface area contributed by atoms with E-state index >= 15 is 0 Å². The van der Waals surface area contributed by atoms with Crippen molar-refractivity contribution in [1.82, 2.24) is 15.1 Å². The second-order valence-electron chi connectivity index (χ2n) is 4.20. The number of rotatable bonds is 8. The molecule has 0 bridgehead atoms. The van der Waals surface area contributed by atoms with E-state index in [2.05, 4.69) is 10.4 Å². The highest BCUT2D eigenvalue weighted by atomic mass is 35.5. The summed E-state index contributed by atoms with van der Waals surface area (Å²) < 4.78 is 6.88. The molecule has 1 heterocycles. The second-order valence-corrected chi connectivity index (χ2v) is 4.88. The zero-order chi connectivity index (χ0) is 13.5. The molecule has 1 unspecified atom stereocenters. The molecule has 1 aromatic rings. The largest absolute Gasteiger partial charge is 0.385 e. The lowest BCUT2D eigenvalue weighted by molar-refractivity contribution is 0.185. The molecule has 1 aromatic heterocycles. The SMILES string of the molecule is CCc1nn(C)c(CNC(CCl)CCOC)c1Cl. The number of methoxy groups -OCH3 is 1. The van der Waals surface area contributed by atoms with E-state index in [4.69, 9.17) is 27.9 Å². The molecule has 0 saturated heterocycles. The summed E-state index contributed by atoms with van der Waals surface area (Å²) in [5.41, 5.74) is 1.94. The van der Waals surface area contributed by atoms with Gasteiger partial charge < -0.3 is 10.1 Å². The normalized spacial score (nSPS) is 12.9. The van der Waals surface area contributed by atoms with Crippen LogP contribution in [0.2, 0.25) is 5.02 Å². The minimum absolute atomic E-state index is 0.225. The van der Waals surface area contributed by atoms with Crippen molar-refractivity contribution < 1.29 is 4.74 Å². The predicted octanol–water partition coefficient (Wildman–Crippen LogP) is 2.37. The third-order valence-electron chi connectivity index (χ3n) is 2.92. The lowest BCUT2D eigenvalue weighted by Gasteiger charge is -2.15. The fourth-order valence-corrected chi connectivity index (χ4v) is 2.37. The highest BCUT2D eigenvalue weighted by Crippen LogP contribution is 2.20. The maximum atomic E-state index is 6.28. The molecule has 0 amide bonds. The first kappa shape index (κ1) is 15.8. The molecule has 0 aliphatic rings. The van der Waals surface area contributed by atoms with E-state index in [0.717, 1.165) is 29.3 Å². The predicted molar refractivity (Wildman–Crippen MR) is 75.4 cm³/mol. The maximum Gasteiger partial charge on any atom is 0.0863 e. The van der Waals surface area contributed by atoms with Crippen molar-refractivity contribution in [2.24, 2.45) is 7.05 Å². The number of halogens is 2. The number of ether oxygens (including phenoxy) is 1. The van der Waals surface area contributed by atoms with E-state index < -0.39 is 0 Å². The number of nitrogens with one attached hydrogen (secondary N) is 1. The van der Waals surface area contributed by atoms with Gasteiger partial charge in [-0.05, 0) is 12.8 Å². The number of nitrogens with zero attached hydrogens (tertiary/aromatic N) is 2. The van der Waals surface area contributed by atoms with Crippen molar-refractivity contribution in [2.45, 2.75) is 32.4 Å². The van der Waals surface area contributed by atoms with Crippen molar-refractivity contribution in [1.29, 1.82) is 0 Å². The van der Waals surface area contributed by atoms with Gasteiger partial charge in [0.1, 0.15) is 0 Å². The molecule has 0 spiro atoms. The van der Waals surface area contributed by atoms with Crippen LogP contribution in [-0.4, -0.2) is 35.4 Å². The minimum Gasteiger partial charge on any atom is -0.385 e. The third kappa shape index (κ3) is 4.12. The first-order chi connectivity index (χ1) is 8.63. The molecule has 0 radical (unpaired) electrons. The van der Waals surface area contributed by atoms with Gasteiger partial charge in [-0.15, -0.1) is 11.6 Å². The third-order valence-corrected chi connectivity index (χ3v) is 3.73. The number of aromatic nitrogens is 2. The van der Waals surface area contributed by atoms with Crippen LogP contribution in [-0.2, 0) is 24.8 Å². The molecule has 1 N–H and O–H groups in total. The first-order valence-electron chi connectivity index (χ1n) is 6.12. The van der Waals surface area contributed by atoms with Crippen molar-refractivity contribution in [3.05, 3.63) is 16.4 Å². The van der Waals surface area contributed by atoms with Gasteiger partial charge in [0, 0.05) is 39.2 Å². The highest BCUT2D eigenvalue weighted by Gasteiger charge is 2.14. The van der Waals surface area contributed by atoms with Gasteiger partial charge in [0.05, 0.1) is 16.4 Å². The van der Waals surface area contributed by atoms with Crippen molar-refractivity contribution in [3.8, 4) is 0 Å². The Hall–Kier alpha value is -0.290. The molecule has 0 fully saturated rings. The van der Waals surface area contributed by atoms with Crippen LogP contribution >= 0.6 is 23.2 Å². The molecular formula is C12H21Cl2N3O. The van der Waals surface area contributed by atoms with Crippen molar-refractivity contribution in [3.63, 3.8) is 0 Å². The topological polar surface area (TPSA) is 39.1 Å². The number of alkyl halides is 1. The number of aryl methyl sites for hydroxylation is 2. The van der Waals surface area contributed by atoms with E-state index in [1.54, 1.807) is 7.11 Å². The van der Waals surface area contributed by atoms with Crippen molar-refractivity contribution in [2.75, 3.05) is 19.6 Å². The van der Waals surface area contributed by atoms with E-state index in [1.807, 2.05) is 18.7 Å². The van der Waals surface area contributed by atoms with Gasteiger partial charge in [-0.2, -0.15) is 5.10 Å². The standard InChI is InChI=1S/C12H21Cl2N3O/c1-4-10-12(14)11(17(2)16-10)8-15-9(7-13)5-6-18-3/h9,15H,4-8H2,1-3H3. The van der Waals surface area contributed by atoms with Gasteiger partial charge in [0.25, 0.3) is 0 Å². The Morgan fingerprint density at radius 1 is 1.50 bits per heavy atom. The zero-order valence-electron chi connectivity index (χ0n) is 11.2. The van der Waals surface area contributed by atoms with Crippen LogP contribution in [0.25, 0.3) is 0 Å². The van der Waals surface area contributed by atoms with Crippen LogP contribution < -0.4 is 5.32 Å². The summed E-state index contributed by atoms with van der Waals surface area (Å²) >= 11 is 12.2. The van der Waals surface area contributed by atoms with Gasteiger partial charge >= 0.3 is 0 Å². The minimum atomic E-state index is 0.225. The lowest BCUT2D eigenvalue weighted by atomic mass is 10.2. The van der Waals surface area contributed by atoms with Crippen LogP contribution in [0, 0.1) is 0 Å². The van der Waals surface area contributed by atoms with Crippen LogP contribution in [0.15, 0.2) is 0 Å². The molecule has 18 heavy (non-hydrogen) atoms. The molecule has 0 aromatic carbocycles. The Kier molecular flexibility index (Phi) is 7.00. The van der Waals surface area contributed by atoms with Gasteiger partial charge in [-0.1, -0.05) is 18.5 Å². The van der Waals surface area contributed by atoms with E-state index in [-0.39, 0.29) is 6.04 Å². The molecule has 0 aliphatic carbocycles. The second kappa shape index (κ2) is 8.00. The van der Waals surface area contributed by atoms with Gasteiger partial charge in [-0.25, -0.2) is 0 Å². The maximum absolute atomic E-state index is 6.28. The summed E-state index contributed by atoms with van der Waals surface area (Å²) in [7, 11) is 3.60. The molecule has 4 nitrogen and oxygen atoms in total. The Labute approximate surface area is 119 Å². The Morgan fingerprint density at radius 3 is 2.72 bits per heavy atom. The molecule has 6 heteroatoms. The van der Waals surface area contributed by atoms with Gasteiger partial charge in [-0.3, -0.25) is 4.68 Å². The average Bonchev–Trinajstić information content (AvgIpc) is 2.65. The van der Waals surface area contributed by atoms with Crippen molar-refractivity contribution >= 4 is 23.2 Å². The van der Waals surface area contributed by atoms with Gasteiger partial charge in [0.2, 0.25) is 0 Å². The summed E-state index contributed by atoms with van der Waals surface area (Å²) in [6.07, 6.45) is 1.73. The lowest BCUT2D eigenvalue weighted by Crippen LogP contribution is -2.32. The quantitative estimate of drug-likeness (QED) is 0.748. The van der Waals surface area contributed by atoms with Crippen LogP contribution in [0.4, 0.5) is 0 Å². The van der Waals surface area contributed by atoms with Crippen LogP contribution in [0.5, 0.6) is 0 Å². The molecule has 1 rings (SSSR count). The Morgan fingerprint density at radius 2 is 2.22 bits per heavy atom. The summed E-state index contributed by atoms with van der Waals surface area (Å²) in [4.78, 5) is 0. The Balaban J connectivity index is 2.59. The first-order valence-corrected chi connectivity index (χ1v) is 7.03. The summed E-state index contributed by atoms with van der Waals surface area (Å²) in [6, 6.07) is 0.225. The highest BCUT2D eigenvalue weighted by molar-refractivity contribution is 6.31. The summed E-state index contributed by atoms with van der Waals surface area (Å²) in [5, 5.41) is 8.52. The fraction of sp³-hybridized carbons (Fsp3) is 0.750. The zero-order valence-corrected chi connectivity index (χ0v) is 12.7. The van der Waals surface area contributed by atoms with Gasteiger partial charge in [0.15, 0.2) is 0 Å². The molecule has 104 valence electrons. The molecule has 0 aliphatic heterocycles. The monoisotopic (exact) mass is 293 g/mol. The van der Waals surface area contributed by atoms with E-state index in [0.29, 0.717) is 19.0 Å². The van der Waals surface area contributed by atoms with Crippen LogP contribution in [0.1, 0.15) is 24.7 Å². The number of hydrogen-bond acceptors (Lipinski definition) is 3. The summed E-state index contributed by atoms with van der Waals surface area (Å²) in [6.45, 7) is 3.42. The molecule has 0 saturated carbocycles. The number of hydrogen-bond donors (Lipinski definition) is 1. The van der Waals surface area contributed by atoms with Crippen LogP contribution in [0.3, 0.4) is 0 Å².